The zero-order valence-electron chi connectivity index (χ0n) is 10.0. The summed E-state index contributed by atoms with van der Waals surface area (Å²) >= 11 is 0. The van der Waals surface area contributed by atoms with Crippen molar-refractivity contribution >= 4 is 5.91 Å². The number of carbonyl (C=O) groups is 1. The van der Waals surface area contributed by atoms with Crippen LogP contribution in [0.1, 0.15) is 12.0 Å². The van der Waals surface area contributed by atoms with E-state index in [1.807, 2.05) is 0 Å². The van der Waals surface area contributed by atoms with Gasteiger partial charge in [0.25, 0.3) is 0 Å². The Labute approximate surface area is 100 Å². The van der Waals surface area contributed by atoms with Gasteiger partial charge in [-0.25, -0.2) is 4.39 Å². The second-order valence-corrected chi connectivity index (χ2v) is 3.60. The molecule has 0 saturated heterocycles. The van der Waals surface area contributed by atoms with Gasteiger partial charge in [0, 0.05) is 19.7 Å². The average molecular weight is 240 g/mol. The largest absolute Gasteiger partial charge is 0.493 e. The van der Waals surface area contributed by atoms with Crippen molar-refractivity contribution in [2.45, 2.75) is 13.0 Å². The third-order valence-corrected chi connectivity index (χ3v) is 2.19. The topological polar surface area (TPSA) is 50.4 Å². The molecule has 94 valence electrons. The highest BCUT2D eigenvalue weighted by atomic mass is 19.1. The summed E-state index contributed by atoms with van der Waals surface area (Å²) in [5.74, 6) is 0.00342. The van der Waals surface area contributed by atoms with Crippen molar-refractivity contribution in [1.82, 2.24) is 10.6 Å². The van der Waals surface area contributed by atoms with Crippen LogP contribution in [0, 0.1) is 5.82 Å². The minimum Gasteiger partial charge on any atom is -0.493 e. The number of ether oxygens (including phenoxy) is 1. The number of rotatable bonds is 6. The van der Waals surface area contributed by atoms with Crippen LogP contribution in [0.3, 0.4) is 0 Å². The zero-order valence-corrected chi connectivity index (χ0v) is 10.0. The number of nitrogens with one attached hydrogen (secondary N) is 2. The minimum absolute atomic E-state index is 0.100. The van der Waals surface area contributed by atoms with Crippen molar-refractivity contribution in [1.29, 1.82) is 0 Å². The van der Waals surface area contributed by atoms with Crippen LogP contribution in [-0.4, -0.2) is 26.6 Å². The second-order valence-electron chi connectivity index (χ2n) is 3.60. The molecule has 1 rings (SSSR count). The molecule has 0 aliphatic heterocycles. The maximum Gasteiger partial charge on any atom is 0.223 e. The van der Waals surface area contributed by atoms with E-state index in [4.69, 9.17) is 4.74 Å². The smallest absolute Gasteiger partial charge is 0.223 e. The highest BCUT2D eigenvalue weighted by Gasteiger charge is 2.03. The Balaban J connectivity index is 2.55. The molecule has 0 aliphatic carbocycles. The first kappa shape index (κ1) is 13.4. The normalized spacial score (nSPS) is 10.1. The monoisotopic (exact) mass is 240 g/mol. The van der Waals surface area contributed by atoms with Crippen LogP contribution >= 0.6 is 0 Å². The van der Waals surface area contributed by atoms with E-state index in [0.717, 1.165) is 5.56 Å². The van der Waals surface area contributed by atoms with Crippen LogP contribution < -0.4 is 15.4 Å². The van der Waals surface area contributed by atoms with Crippen molar-refractivity contribution in [2.24, 2.45) is 0 Å². The Bertz CT molecular complexity index is 383. The number of amides is 1. The molecule has 0 aliphatic rings. The van der Waals surface area contributed by atoms with Crippen LogP contribution in [0.15, 0.2) is 18.2 Å². The summed E-state index contributed by atoms with van der Waals surface area (Å²) in [4.78, 5) is 11.0. The highest BCUT2D eigenvalue weighted by Crippen LogP contribution is 2.16. The van der Waals surface area contributed by atoms with Crippen LogP contribution in [-0.2, 0) is 11.3 Å². The third kappa shape index (κ3) is 4.82. The first-order valence-electron chi connectivity index (χ1n) is 5.43. The van der Waals surface area contributed by atoms with E-state index in [0.29, 0.717) is 12.3 Å². The molecule has 1 amide bonds. The number of carbonyl (C=O) groups excluding carboxylic acids is 1. The quantitative estimate of drug-likeness (QED) is 0.781. The van der Waals surface area contributed by atoms with Crippen LogP contribution in [0.5, 0.6) is 5.75 Å². The molecule has 1 aromatic carbocycles. The molecule has 0 aromatic heterocycles. The third-order valence-electron chi connectivity index (χ3n) is 2.19. The SMILES string of the molecule is CNCc1cc(F)cc(OCCC(=O)NC)c1. The lowest BCUT2D eigenvalue weighted by Gasteiger charge is -2.08. The van der Waals surface area contributed by atoms with Crippen LogP contribution in [0.2, 0.25) is 0 Å². The predicted octanol–water partition coefficient (Wildman–Crippen LogP) is 1.06. The van der Waals surface area contributed by atoms with Crippen molar-refractivity contribution in [3.63, 3.8) is 0 Å². The van der Waals surface area contributed by atoms with E-state index in [9.17, 15) is 9.18 Å². The van der Waals surface area contributed by atoms with E-state index < -0.39 is 0 Å². The number of halogens is 1. The van der Waals surface area contributed by atoms with Gasteiger partial charge in [-0.2, -0.15) is 0 Å². The molecule has 0 fully saturated rings. The van der Waals surface area contributed by atoms with E-state index in [2.05, 4.69) is 10.6 Å². The van der Waals surface area contributed by atoms with Crippen LogP contribution in [0.4, 0.5) is 4.39 Å². The molecule has 17 heavy (non-hydrogen) atoms. The molecule has 0 atom stereocenters. The van der Waals surface area contributed by atoms with Gasteiger partial charge in [-0.1, -0.05) is 0 Å². The molecular formula is C12H17FN2O2. The molecule has 1 aromatic rings. The summed E-state index contributed by atoms with van der Waals surface area (Å²) in [5.41, 5.74) is 0.808. The predicted molar refractivity (Wildman–Crippen MR) is 63.3 cm³/mol. The van der Waals surface area contributed by atoms with Gasteiger partial charge in [0.15, 0.2) is 0 Å². The van der Waals surface area contributed by atoms with E-state index >= 15 is 0 Å². The van der Waals surface area contributed by atoms with Crippen molar-refractivity contribution < 1.29 is 13.9 Å². The summed E-state index contributed by atoms with van der Waals surface area (Å²) in [6.07, 6.45) is 0.258. The van der Waals surface area contributed by atoms with Gasteiger partial charge in [0.05, 0.1) is 13.0 Å². The first-order valence-corrected chi connectivity index (χ1v) is 5.43. The average Bonchev–Trinajstić information content (AvgIpc) is 2.28. The second kappa shape index (κ2) is 6.85. The Morgan fingerprint density at radius 3 is 2.76 bits per heavy atom. The molecule has 5 heteroatoms. The van der Waals surface area contributed by atoms with Gasteiger partial charge in [0.1, 0.15) is 11.6 Å². The fourth-order valence-electron chi connectivity index (χ4n) is 1.40. The Morgan fingerprint density at radius 2 is 2.12 bits per heavy atom. The Hall–Kier alpha value is -1.62. The first-order chi connectivity index (χ1) is 8.15. The number of hydrogen-bond donors (Lipinski definition) is 2. The van der Waals surface area contributed by atoms with E-state index in [1.165, 1.54) is 12.1 Å². The minimum atomic E-state index is -0.340. The van der Waals surface area contributed by atoms with Crippen molar-refractivity contribution in [2.75, 3.05) is 20.7 Å². The molecule has 0 unspecified atom stereocenters. The van der Waals surface area contributed by atoms with Crippen molar-refractivity contribution in [3.05, 3.63) is 29.6 Å². The summed E-state index contributed by atoms with van der Waals surface area (Å²) in [6, 6.07) is 4.51. The van der Waals surface area contributed by atoms with Crippen LogP contribution in [0.25, 0.3) is 0 Å². The fourth-order valence-corrected chi connectivity index (χ4v) is 1.40. The standard InChI is InChI=1S/C12H17FN2O2/c1-14-8-9-5-10(13)7-11(6-9)17-4-3-12(16)15-2/h5-7,14H,3-4,8H2,1-2H3,(H,15,16). The highest BCUT2D eigenvalue weighted by molar-refractivity contribution is 5.75. The maximum absolute atomic E-state index is 13.2. The van der Waals surface area contributed by atoms with Crippen molar-refractivity contribution in [3.8, 4) is 5.75 Å². The summed E-state index contributed by atoms with van der Waals surface area (Å²) in [7, 11) is 3.35. The lowest BCUT2D eigenvalue weighted by atomic mass is 10.2. The summed E-state index contributed by atoms with van der Waals surface area (Å²) in [6.45, 7) is 0.811. The Morgan fingerprint density at radius 1 is 1.35 bits per heavy atom. The van der Waals surface area contributed by atoms with Gasteiger partial charge < -0.3 is 15.4 Å². The lowest BCUT2D eigenvalue weighted by Crippen LogP contribution is -2.20. The molecule has 0 saturated carbocycles. The van der Waals surface area contributed by atoms with E-state index in [1.54, 1.807) is 20.2 Å². The van der Waals surface area contributed by atoms with E-state index in [-0.39, 0.29) is 24.8 Å². The summed E-state index contributed by atoms with van der Waals surface area (Å²) in [5, 5.41) is 5.43. The zero-order chi connectivity index (χ0) is 12.7. The van der Waals surface area contributed by atoms with Gasteiger partial charge >= 0.3 is 0 Å². The lowest BCUT2D eigenvalue weighted by molar-refractivity contribution is -0.121. The van der Waals surface area contributed by atoms with Gasteiger partial charge in [-0.05, 0) is 24.7 Å². The van der Waals surface area contributed by atoms with Gasteiger partial charge in [0.2, 0.25) is 5.91 Å². The molecule has 2 N–H and O–H groups in total. The fraction of sp³-hybridized carbons (Fsp3) is 0.417. The maximum atomic E-state index is 13.2. The molecular weight excluding hydrogens is 223 g/mol. The molecule has 0 radical (unpaired) electrons. The molecule has 0 spiro atoms. The summed E-state index contributed by atoms with van der Waals surface area (Å²) < 4.78 is 18.5. The number of hydrogen-bond acceptors (Lipinski definition) is 3. The Kier molecular flexibility index (Phi) is 5.42. The molecule has 0 bridgehead atoms. The molecule has 4 nitrogen and oxygen atoms in total. The molecule has 0 heterocycles. The van der Waals surface area contributed by atoms with Gasteiger partial charge in [-0.15, -0.1) is 0 Å². The number of benzene rings is 1. The van der Waals surface area contributed by atoms with Gasteiger partial charge in [-0.3, -0.25) is 4.79 Å².